The zero-order valence-electron chi connectivity index (χ0n) is 15.0. The molecule has 7 nitrogen and oxygen atoms in total. The van der Waals surface area contributed by atoms with E-state index in [0.717, 1.165) is 0 Å². The molecule has 0 aromatic heterocycles. The van der Waals surface area contributed by atoms with E-state index in [4.69, 9.17) is 21.1 Å². The molecule has 0 saturated heterocycles. The molecule has 0 spiro atoms. The van der Waals surface area contributed by atoms with Crippen LogP contribution < -0.4 is 0 Å². The van der Waals surface area contributed by atoms with E-state index in [9.17, 15) is 9.59 Å². The Bertz CT molecular complexity index is 1180. The Balaban J connectivity index is 2.17. The molecule has 2 aromatic rings. The van der Waals surface area contributed by atoms with E-state index in [1.54, 1.807) is 24.3 Å². The Morgan fingerprint density at radius 2 is 1.64 bits per heavy atom. The number of methoxy groups -OCH3 is 2. The lowest BCUT2D eigenvalue weighted by Gasteiger charge is -2.16. The molecule has 0 amide bonds. The van der Waals surface area contributed by atoms with Crippen molar-refractivity contribution < 1.29 is 19.1 Å². The molecule has 0 saturated carbocycles. The van der Waals surface area contributed by atoms with Gasteiger partial charge in [0.1, 0.15) is 5.56 Å². The van der Waals surface area contributed by atoms with Crippen molar-refractivity contribution in [3.05, 3.63) is 64.8 Å². The summed E-state index contributed by atoms with van der Waals surface area (Å²) in [6.07, 6.45) is 0. The number of nitrogens with zero attached hydrogens (tertiary/aromatic N) is 3. The highest BCUT2D eigenvalue weighted by molar-refractivity contribution is 6.30. The van der Waals surface area contributed by atoms with Crippen LogP contribution in [0.2, 0.25) is 5.02 Å². The second kappa shape index (κ2) is 6.94. The molecule has 0 unspecified atom stereocenters. The Labute approximate surface area is 164 Å². The van der Waals surface area contributed by atoms with Gasteiger partial charge in [-0.25, -0.2) is 19.3 Å². The van der Waals surface area contributed by atoms with E-state index in [-0.39, 0.29) is 11.3 Å². The summed E-state index contributed by atoms with van der Waals surface area (Å²) >= 11 is 5.99. The normalized spacial score (nSPS) is 11.0. The van der Waals surface area contributed by atoms with Gasteiger partial charge in [-0.1, -0.05) is 29.8 Å². The molecule has 0 fully saturated rings. The molecule has 4 rings (SSSR count). The van der Waals surface area contributed by atoms with Crippen molar-refractivity contribution in [3.8, 4) is 17.1 Å². The molecule has 28 heavy (non-hydrogen) atoms. The second-order valence-corrected chi connectivity index (χ2v) is 6.36. The highest BCUT2D eigenvalue weighted by atomic mass is 35.5. The summed E-state index contributed by atoms with van der Waals surface area (Å²) in [5.41, 5.74) is 1.61. The third kappa shape index (κ3) is 2.76. The number of para-hydroxylation sites is 1. The molecular weight excluding hydrogens is 382 g/mol. The molecule has 2 aromatic carbocycles. The number of fused-ring (bicyclic) bond motifs is 3. The molecule has 0 bridgehead atoms. The molecule has 140 valence electrons. The molecule has 8 heteroatoms. The number of aromatic nitrogens is 3. The largest absolute Gasteiger partial charge is 0.465 e. The first-order valence-electron chi connectivity index (χ1n) is 8.29. The Hall–Kier alpha value is -3.45. The molecule has 0 N–H and O–H groups in total. The SMILES string of the molecule is COC(=O)c1nn(-c2ccc(Cl)cc2)c2nc3ccccc3c-2c1C(=O)OC. The number of carbonyl (C=O) groups excluding carboxylic acids is 2. The number of esters is 2. The van der Waals surface area contributed by atoms with Gasteiger partial charge in [0.15, 0.2) is 11.5 Å². The van der Waals surface area contributed by atoms with Crippen LogP contribution >= 0.6 is 11.6 Å². The zero-order chi connectivity index (χ0) is 19.8. The van der Waals surface area contributed by atoms with Crippen LogP contribution in [-0.4, -0.2) is 40.9 Å². The third-order valence-corrected chi connectivity index (χ3v) is 4.60. The van der Waals surface area contributed by atoms with Gasteiger partial charge in [-0.15, -0.1) is 0 Å². The number of carbonyl (C=O) groups is 2. The van der Waals surface area contributed by atoms with Crippen molar-refractivity contribution in [2.75, 3.05) is 14.2 Å². The minimum atomic E-state index is -0.754. The number of ether oxygens (including phenoxy) is 2. The van der Waals surface area contributed by atoms with Crippen LogP contribution in [0.1, 0.15) is 20.8 Å². The van der Waals surface area contributed by atoms with E-state index in [1.807, 2.05) is 24.3 Å². The Morgan fingerprint density at radius 3 is 2.32 bits per heavy atom. The lowest BCUT2D eigenvalue weighted by molar-refractivity contribution is 0.0548. The maximum Gasteiger partial charge on any atom is 0.359 e. The van der Waals surface area contributed by atoms with Crippen molar-refractivity contribution in [1.82, 2.24) is 14.8 Å². The summed E-state index contributed by atoms with van der Waals surface area (Å²) in [6.45, 7) is 0. The van der Waals surface area contributed by atoms with E-state index in [0.29, 0.717) is 33.0 Å². The van der Waals surface area contributed by atoms with E-state index >= 15 is 0 Å². The van der Waals surface area contributed by atoms with Gasteiger partial charge in [-0.3, -0.25) is 0 Å². The number of rotatable bonds is 3. The Morgan fingerprint density at radius 1 is 0.964 bits per heavy atom. The first-order valence-corrected chi connectivity index (χ1v) is 8.67. The van der Waals surface area contributed by atoms with Crippen molar-refractivity contribution in [3.63, 3.8) is 0 Å². The number of hydrogen-bond donors (Lipinski definition) is 0. The van der Waals surface area contributed by atoms with Crippen LogP contribution in [0, 0.1) is 0 Å². The van der Waals surface area contributed by atoms with E-state index < -0.39 is 11.9 Å². The summed E-state index contributed by atoms with van der Waals surface area (Å²) in [5, 5.41) is 5.63. The van der Waals surface area contributed by atoms with E-state index in [2.05, 4.69) is 10.1 Å². The maximum atomic E-state index is 12.6. The average Bonchev–Trinajstić information content (AvgIpc) is 3.11. The van der Waals surface area contributed by atoms with Gasteiger partial charge in [-0.2, -0.15) is 5.10 Å². The molecule has 2 aliphatic rings. The van der Waals surface area contributed by atoms with Crippen LogP contribution in [0.15, 0.2) is 48.5 Å². The third-order valence-electron chi connectivity index (χ3n) is 4.35. The van der Waals surface area contributed by atoms with Gasteiger partial charge in [0.05, 0.1) is 25.4 Å². The lowest BCUT2D eigenvalue weighted by Crippen LogP contribution is -2.21. The van der Waals surface area contributed by atoms with Crippen LogP contribution in [0.25, 0.3) is 28.0 Å². The molecule has 2 heterocycles. The topological polar surface area (TPSA) is 83.3 Å². The minimum Gasteiger partial charge on any atom is -0.465 e. The van der Waals surface area contributed by atoms with Crippen molar-refractivity contribution in [2.24, 2.45) is 0 Å². The standard InChI is InChI=1S/C20H14ClN3O4/c1-27-19(25)16-15-13-5-3-4-6-14(13)22-18(15)24(23-17(16)20(26)28-2)12-9-7-11(21)8-10-12/h3-10H,1-2H3. The minimum absolute atomic E-state index is 0.0169. The molecule has 2 aliphatic heterocycles. The predicted molar refractivity (Wildman–Crippen MR) is 103 cm³/mol. The van der Waals surface area contributed by atoms with Gasteiger partial charge in [-0.05, 0) is 30.3 Å². The van der Waals surface area contributed by atoms with Gasteiger partial charge < -0.3 is 9.47 Å². The quantitative estimate of drug-likeness (QED) is 0.491. The lowest BCUT2D eigenvalue weighted by atomic mass is 10.0. The average molecular weight is 396 g/mol. The summed E-state index contributed by atoms with van der Waals surface area (Å²) in [4.78, 5) is 29.6. The summed E-state index contributed by atoms with van der Waals surface area (Å²) in [5.74, 6) is -1.04. The van der Waals surface area contributed by atoms with Gasteiger partial charge >= 0.3 is 11.9 Å². The van der Waals surface area contributed by atoms with Crippen molar-refractivity contribution in [1.29, 1.82) is 0 Å². The highest BCUT2D eigenvalue weighted by Gasteiger charge is 2.32. The zero-order valence-corrected chi connectivity index (χ0v) is 15.7. The van der Waals surface area contributed by atoms with Gasteiger partial charge in [0, 0.05) is 16.0 Å². The molecular formula is C20H14ClN3O4. The fraction of sp³-hybridized carbons (Fsp3) is 0.100. The first kappa shape index (κ1) is 17.9. The number of hydrogen-bond acceptors (Lipinski definition) is 6. The van der Waals surface area contributed by atoms with Crippen LogP contribution in [0.4, 0.5) is 0 Å². The highest BCUT2D eigenvalue weighted by Crippen LogP contribution is 2.36. The first-order chi connectivity index (χ1) is 13.5. The molecule has 0 radical (unpaired) electrons. The maximum absolute atomic E-state index is 12.6. The number of benzene rings is 2. The fourth-order valence-electron chi connectivity index (χ4n) is 3.09. The fourth-order valence-corrected chi connectivity index (χ4v) is 3.22. The van der Waals surface area contributed by atoms with Gasteiger partial charge in [0.25, 0.3) is 0 Å². The predicted octanol–water partition coefficient (Wildman–Crippen LogP) is 3.75. The van der Waals surface area contributed by atoms with Crippen LogP contribution in [0.3, 0.4) is 0 Å². The smallest absolute Gasteiger partial charge is 0.359 e. The monoisotopic (exact) mass is 395 g/mol. The van der Waals surface area contributed by atoms with Crippen molar-refractivity contribution >= 4 is 34.4 Å². The molecule has 0 atom stereocenters. The van der Waals surface area contributed by atoms with Crippen molar-refractivity contribution in [2.45, 2.75) is 0 Å². The summed E-state index contributed by atoms with van der Waals surface area (Å²) in [6, 6.07) is 14.2. The van der Waals surface area contributed by atoms with E-state index in [1.165, 1.54) is 18.9 Å². The van der Waals surface area contributed by atoms with Crippen LogP contribution in [0.5, 0.6) is 0 Å². The molecule has 0 aliphatic carbocycles. The second-order valence-electron chi connectivity index (χ2n) is 5.92. The summed E-state index contributed by atoms with van der Waals surface area (Å²) in [7, 11) is 2.47. The number of halogens is 1. The van der Waals surface area contributed by atoms with Gasteiger partial charge in [0.2, 0.25) is 0 Å². The van der Waals surface area contributed by atoms with Crippen LogP contribution in [-0.2, 0) is 9.47 Å². The Kier molecular flexibility index (Phi) is 4.44. The summed E-state index contributed by atoms with van der Waals surface area (Å²) < 4.78 is 11.3.